The zero-order valence-corrected chi connectivity index (χ0v) is 10.7. The van der Waals surface area contributed by atoms with Crippen LogP contribution in [-0.2, 0) is 17.9 Å². The second kappa shape index (κ2) is 4.42. The lowest BCUT2D eigenvalue weighted by molar-refractivity contribution is 0.0593. The quantitative estimate of drug-likeness (QED) is 0.802. The molecule has 2 heterocycles. The van der Waals surface area contributed by atoms with E-state index in [9.17, 15) is 0 Å². The molecule has 2 aliphatic rings. The summed E-state index contributed by atoms with van der Waals surface area (Å²) in [5.41, 5.74) is 1.21. The summed E-state index contributed by atoms with van der Waals surface area (Å²) in [6, 6.07) is 1.26. The summed E-state index contributed by atoms with van der Waals surface area (Å²) < 4.78 is 7.56. The fraction of sp³-hybridized carbons (Fsp3) is 0.769. The summed E-state index contributed by atoms with van der Waals surface area (Å²) >= 11 is 0. The third kappa shape index (κ3) is 1.79. The van der Waals surface area contributed by atoms with Gasteiger partial charge in [-0.3, -0.25) is 4.90 Å². The number of hydrogen-bond donors (Lipinski definition) is 0. The van der Waals surface area contributed by atoms with Gasteiger partial charge in [0.05, 0.1) is 24.5 Å². The number of hydrogen-bond acceptors (Lipinski definition) is 3. The Bertz CT molecular complexity index is 397. The molecule has 1 saturated carbocycles. The number of aromatic nitrogens is 2. The maximum Gasteiger partial charge on any atom is 0.126 e. The van der Waals surface area contributed by atoms with E-state index >= 15 is 0 Å². The highest BCUT2D eigenvalue weighted by atomic mass is 16.5. The first-order chi connectivity index (χ1) is 8.31. The van der Waals surface area contributed by atoms with E-state index in [4.69, 9.17) is 4.74 Å². The fourth-order valence-electron chi connectivity index (χ4n) is 3.06. The SMILES string of the molecule is COCc1cnc2n1CCN(C1CCC1)C2C. The number of rotatable bonds is 3. The van der Waals surface area contributed by atoms with Crippen LogP contribution in [0.5, 0.6) is 0 Å². The second-order valence-electron chi connectivity index (χ2n) is 5.19. The van der Waals surface area contributed by atoms with E-state index in [0.717, 1.165) is 19.1 Å². The van der Waals surface area contributed by atoms with Crippen LogP contribution < -0.4 is 0 Å². The molecule has 0 bridgehead atoms. The van der Waals surface area contributed by atoms with Crippen LogP contribution in [0.3, 0.4) is 0 Å². The van der Waals surface area contributed by atoms with E-state index in [1.54, 1.807) is 7.11 Å². The van der Waals surface area contributed by atoms with Crippen molar-refractivity contribution in [3.05, 3.63) is 17.7 Å². The van der Waals surface area contributed by atoms with Gasteiger partial charge in [0.15, 0.2) is 0 Å². The molecule has 1 fully saturated rings. The number of nitrogens with zero attached hydrogens (tertiary/aromatic N) is 3. The van der Waals surface area contributed by atoms with E-state index in [0.29, 0.717) is 12.6 Å². The lowest BCUT2D eigenvalue weighted by Crippen LogP contribution is -2.46. The van der Waals surface area contributed by atoms with Crippen molar-refractivity contribution in [3.8, 4) is 0 Å². The van der Waals surface area contributed by atoms with Crippen molar-refractivity contribution in [2.24, 2.45) is 0 Å². The van der Waals surface area contributed by atoms with E-state index < -0.39 is 0 Å². The van der Waals surface area contributed by atoms with Crippen LogP contribution in [0.2, 0.25) is 0 Å². The maximum absolute atomic E-state index is 5.22. The summed E-state index contributed by atoms with van der Waals surface area (Å²) in [6.45, 7) is 5.18. The largest absolute Gasteiger partial charge is 0.378 e. The van der Waals surface area contributed by atoms with Crippen LogP contribution >= 0.6 is 0 Å². The van der Waals surface area contributed by atoms with Crippen LogP contribution in [-0.4, -0.2) is 34.1 Å². The van der Waals surface area contributed by atoms with Gasteiger partial charge in [-0.2, -0.15) is 0 Å². The normalized spacial score (nSPS) is 25.6. The first kappa shape index (κ1) is 11.2. The molecule has 1 aromatic rings. The van der Waals surface area contributed by atoms with Crippen molar-refractivity contribution in [2.75, 3.05) is 13.7 Å². The summed E-state index contributed by atoms with van der Waals surface area (Å²) in [4.78, 5) is 7.22. The standard InChI is InChI=1S/C13H21N3O/c1-10-13-14-8-12(9-17-2)16(13)7-6-15(10)11-4-3-5-11/h8,10-11H,3-7,9H2,1-2H3. The predicted octanol–water partition coefficient (Wildman–Crippen LogP) is 1.96. The summed E-state index contributed by atoms with van der Waals surface area (Å²) in [5, 5.41) is 0. The molecule has 0 radical (unpaired) electrons. The van der Waals surface area contributed by atoms with Gasteiger partial charge in [-0.1, -0.05) is 6.42 Å². The third-order valence-corrected chi connectivity index (χ3v) is 4.26. The summed E-state index contributed by atoms with van der Waals surface area (Å²) in [7, 11) is 1.74. The minimum Gasteiger partial charge on any atom is -0.378 e. The van der Waals surface area contributed by atoms with Crippen LogP contribution in [0.15, 0.2) is 6.20 Å². The molecule has 94 valence electrons. The van der Waals surface area contributed by atoms with Gasteiger partial charge in [0, 0.05) is 26.2 Å². The zero-order valence-electron chi connectivity index (χ0n) is 10.7. The van der Waals surface area contributed by atoms with Gasteiger partial charge < -0.3 is 9.30 Å². The molecule has 0 amide bonds. The van der Waals surface area contributed by atoms with Gasteiger partial charge in [-0.15, -0.1) is 0 Å². The number of fused-ring (bicyclic) bond motifs is 1. The van der Waals surface area contributed by atoms with Crippen molar-refractivity contribution in [2.45, 2.75) is 51.4 Å². The molecule has 3 rings (SSSR count). The Morgan fingerprint density at radius 1 is 1.41 bits per heavy atom. The second-order valence-corrected chi connectivity index (χ2v) is 5.19. The molecule has 4 nitrogen and oxygen atoms in total. The highest BCUT2D eigenvalue weighted by Gasteiger charge is 2.34. The molecular weight excluding hydrogens is 214 g/mol. The van der Waals surface area contributed by atoms with Crippen molar-refractivity contribution in [1.82, 2.24) is 14.5 Å². The first-order valence-corrected chi connectivity index (χ1v) is 6.60. The molecule has 1 unspecified atom stereocenters. The Morgan fingerprint density at radius 3 is 2.88 bits per heavy atom. The zero-order chi connectivity index (χ0) is 11.8. The molecule has 1 aliphatic heterocycles. The molecule has 1 aromatic heterocycles. The van der Waals surface area contributed by atoms with Gasteiger partial charge in [0.1, 0.15) is 5.82 Å². The predicted molar refractivity (Wildman–Crippen MR) is 65.7 cm³/mol. The lowest BCUT2D eigenvalue weighted by Gasteiger charge is -2.43. The molecule has 1 atom stereocenters. The van der Waals surface area contributed by atoms with Crippen molar-refractivity contribution >= 4 is 0 Å². The minimum atomic E-state index is 0.458. The molecular formula is C13H21N3O. The third-order valence-electron chi connectivity index (χ3n) is 4.26. The molecule has 1 aliphatic carbocycles. The molecule has 0 aromatic carbocycles. The van der Waals surface area contributed by atoms with Crippen LogP contribution in [0.1, 0.15) is 43.7 Å². The topological polar surface area (TPSA) is 30.3 Å². The van der Waals surface area contributed by atoms with Crippen LogP contribution in [0, 0.1) is 0 Å². The molecule has 0 N–H and O–H groups in total. The average Bonchev–Trinajstić information content (AvgIpc) is 2.65. The van der Waals surface area contributed by atoms with Crippen LogP contribution in [0.4, 0.5) is 0 Å². The van der Waals surface area contributed by atoms with Gasteiger partial charge >= 0.3 is 0 Å². The van der Waals surface area contributed by atoms with E-state index in [1.807, 2.05) is 6.20 Å². The van der Waals surface area contributed by atoms with Gasteiger partial charge in [-0.25, -0.2) is 4.98 Å². The maximum atomic E-state index is 5.22. The summed E-state index contributed by atoms with van der Waals surface area (Å²) in [6.07, 6.45) is 6.11. The molecule has 4 heteroatoms. The Morgan fingerprint density at radius 2 is 2.24 bits per heavy atom. The van der Waals surface area contributed by atoms with Crippen molar-refractivity contribution in [3.63, 3.8) is 0 Å². The Hall–Kier alpha value is -0.870. The Balaban J connectivity index is 1.82. The summed E-state index contributed by atoms with van der Waals surface area (Å²) in [5.74, 6) is 1.22. The lowest BCUT2D eigenvalue weighted by atomic mass is 9.90. The highest BCUT2D eigenvalue weighted by molar-refractivity contribution is 5.11. The van der Waals surface area contributed by atoms with E-state index in [2.05, 4.69) is 21.4 Å². The van der Waals surface area contributed by atoms with Gasteiger partial charge in [0.25, 0.3) is 0 Å². The smallest absolute Gasteiger partial charge is 0.126 e. The number of methoxy groups -OCH3 is 1. The Labute approximate surface area is 103 Å². The first-order valence-electron chi connectivity index (χ1n) is 6.60. The highest BCUT2D eigenvalue weighted by Crippen LogP contribution is 2.34. The number of ether oxygens (including phenoxy) is 1. The van der Waals surface area contributed by atoms with E-state index in [-0.39, 0.29) is 0 Å². The molecule has 0 saturated heterocycles. The molecule has 0 spiro atoms. The molecule has 17 heavy (non-hydrogen) atoms. The Kier molecular flexibility index (Phi) is 2.92. The fourth-order valence-corrected chi connectivity index (χ4v) is 3.06. The van der Waals surface area contributed by atoms with Gasteiger partial charge in [-0.05, 0) is 19.8 Å². The number of imidazole rings is 1. The van der Waals surface area contributed by atoms with E-state index in [1.165, 1.54) is 30.8 Å². The van der Waals surface area contributed by atoms with Crippen molar-refractivity contribution in [1.29, 1.82) is 0 Å². The average molecular weight is 235 g/mol. The van der Waals surface area contributed by atoms with Crippen LogP contribution in [0.25, 0.3) is 0 Å². The van der Waals surface area contributed by atoms with Crippen molar-refractivity contribution < 1.29 is 4.74 Å². The minimum absolute atomic E-state index is 0.458. The monoisotopic (exact) mass is 235 g/mol. The van der Waals surface area contributed by atoms with Gasteiger partial charge in [0.2, 0.25) is 0 Å².